The van der Waals surface area contributed by atoms with Crippen molar-refractivity contribution in [3.8, 4) is 5.75 Å². The predicted octanol–water partition coefficient (Wildman–Crippen LogP) is 7.52. The van der Waals surface area contributed by atoms with Gasteiger partial charge in [-0.25, -0.2) is 0 Å². The molecule has 156 valence electrons. The van der Waals surface area contributed by atoms with Crippen LogP contribution in [0.15, 0.2) is 97.1 Å². The Morgan fingerprint density at radius 3 is 1.74 bits per heavy atom. The highest BCUT2D eigenvalue weighted by atomic mass is 16.3. The number of aromatic hydroxyl groups is 1. The van der Waals surface area contributed by atoms with Crippen molar-refractivity contribution in [1.29, 1.82) is 0 Å². The first-order valence-corrected chi connectivity index (χ1v) is 10.9. The molecule has 4 rings (SSSR count). The first kappa shape index (κ1) is 20.7. The molecule has 0 bridgehead atoms. The summed E-state index contributed by atoms with van der Waals surface area (Å²) >= 11 is 0. The van der Waals surface area contributed by atoms with Crippen LogP contribution in [-0.4, -0.2) is 5.11 Å². The molecule has 0 fully saturated rings. The van der Waals surface area contributed by atoms with Crippen LogP contribution in [0.25, 0.3) is 0 Å². The molecule has 0 saturated carbocycles. The zero-order valence-corrected chi connectivity index (χ0v) is 18.3. The normalized spacial score (nSPS) is 10.8. The SMILES string of the molecule is CCc1cccc(N(c2ccc(C)cc2)c2ccc(CCc3ccc(O)cc3)cc2)c1. The third-order valence-corrected chi connectivity index (χ3v) is 5.70. The van der Waals surface area contributed by atoms with Gasteiger partial charge in [-0.05, 0) is 91.4 Å². The van der Waals surface area contributed by atoms with Crippen LogP contribution in [0.3, 0.4) is 0 Å². The largest absolute Gasteiger partial charge is 0.508 e. The fraction of sp³-hybridized carbons (Fsp3) is 0.172. The van der Waals surface area contributed by atoms with Crippen LogP contribution < -0.4 is 4.90 Å². The van der Waals surface area contributed by atoms with E-state index >= 15 is 0 Å². The first-order chi connectivity index (χ1) is 15.1. The highest BCUT2D eigenvalue weighted by Crippen LogP contribution is 2.35. The summed E-state index contributed by atoms with van der Waals surface area (Å²) in [5.74, 6) is 0.316. The molecule has 4 aromatic rings. The molecule has 31 heavy (non-hydrogen) atoms. The average Bonchev–Trinajstić information content (AvgIpc) is 2.81. The van der Waals surface area contributed by atoms with Crippen molar-refractivity contribution >= 4 is 17.1 Å². The zero-order valence-electron chi connectivity index (χ0n) is 18.3. The van der Waals surface area contributed by atoms with Crippen LogP contribution in [0.1, 0.15) is 29.2 Å². The Kier molecular flexibility index (Phi) is 6.37. The molecule has 0 unspecified atom stereocenters. The molecule has 0 aliphatic heterocycles. The van der Waals surface area contributed by atoms with Gasteiger partial charge in [-0.2, -0.15) is 0 Å². The lowest BCUT2D eigenvalue weighted by molar-refractivity contribution is 0.475. The molecule has 2 heteroatoms. The van der Waals surface area contributed by atoms with E-state index in [4.69, 9.17) is 0 Å². The minimum atomic E-state index is 0.316. The summed E-state index contributed by atoms with van der Waals surface area (Å²) in [7, 11) is 0. The second kappa shape index (κ2) is 9.53. The summed E-state index contributed by atoms with van der Waals surface area (Å²) in [6, 6.07) is 33.8. The van der Waals surface area contributed by atoms with Crippen molar-refractivity contribution in [3.05, 3.63) is 119 Å². The first-order valence-electron chi connectivity index (χ1n) is 10.9. The average molecular weight is 408 g/mol. The second-order valence-electron chi connectivity index (χ2n) is 8.03. The van der Waals surface area contributed by atoms with E-state index in [0.717, 1.165) is 30.6 Å². The van der Waals surface area contributed by atoms with Crippen molar-refractivity contribution in [2.24, 2.45) is 0 Å². The van der Waals surface area contributed by atoms with E-state index in [2.05, 4.69) is 91.5 Å². The summed E-state index contributed by atoms with van der Waals surface area (Å²) in [4.78, 5) is 2.32. The molecule has 0 aromatic heterocycles. The molecule has 1 N–H and O–H groups in total. The Bertz CT molecular complexity index is 1110. The molecular formula is C29H29NO. The van der Waals surface area contributed by atoms with E-state index in [1.165, 1.54) is 27.9 Å². The summed E-state index contributed by atoms with van der Waals surface area (Å²) in [6.45, 7) is 4.31. The Balaban J connectivity index is 1.60. The molecule has 0 saturated heterocycles. The third-order valence-electron chi connectivity index (χ3n) is 5.70. The lowest BCUT2D eigenvalue weighted by atomic mass is 10.0. The fourth-order valence-electron chi connectivity index (χ4n) is 3.82. The molecule has 0 radical (unpaired) electrons. The van der Waals surface area contributed by atoms with Gasteiger partial charge in [0, 0.05) is 17.1 Å². The smallest absolute Gasteiger partial charge is 0.115 e. The maximum absolute atomic E-state index is 9.46. The topological polar surface area (TPSA) is 23.5 Å². The molecule has 0 aliphatic carbocycles. The van der Waals surface area contributed by atoms with E-state index in [1.807, 2.05) is 12.1 Å². The number of nitrogens with zero attached hydrogens (tertiary/aromatic N) is 1. The Labute approximate surface area is 185 Å². The van der Waals surface area contributed by atoms with Gasteiger partial charge in [0.05, 0.1) is 0 Å². The Morgan fingerprint density at radius 1 is 0.613 bits per heavy atom. The number of anilines is 3. The number of aryl methyl sites for hydroxylation is 4. The zero-order chi connectivity index (χ0) is 21.6. The van der Waals surface area contributed by atoms with Gasteiger partial charge >= 0.3 is 0 Å². The molecule has 4 aromatic carbocycles. The molecule has 0 spiro atoms. The van der Waals surface area contributed by atoms with Crippen molar-refractivity contribution in [2.45, 2.75) is 33.1 Å². The van der Waals surface area contributed by atoms with Gasteiger partial charge < -0.3 is 10.0 Å². The van der Waals surface area contributed by atoms with E-state index in [0.29, 0.717) is 5.75 Å². The highest BCUT2D eigenvalue weighted by molar-refractivity contribution is 5.76. The van der Waals surface area contributed by atoms with E-state index < -0.39 is 0 Å². The maximum Gasteiger partial charge on any atom is 0.115 e. The fourth-order valence-corrected chi connectivity index (χ4v) is 3.82. The van der Waals surface area contributed by atoms with Gasteiger partial charge in [0.2, 0.25) is 0 Å². The van der Waals surface area contributed by atoms with Gasteiger partial charge in [0.1, 0.15) is 5.75 Å². The summed E-state index contributed by atoms with van der Waals surface area (Å²) in [5.41, 5.74) is 8.64. The van der Waals surface area contributed by atoms with Gasteiger partial charge in [0.15, 0.2) is 0 Å². The predicted molar refractivity (Wildman–Crippen MR) is 131 cm³/mol. The number of benzene rings is 4. The van der Waals surface area contributed by atoms with Crippen molar-refractivity contribution in [1.82, 2.24) is 0 Å². The molecule has 0 aliphatic rings. The Hall–Kier alpha value is -3.52. The number of hydrogen-bond acceptors (Lipinski definition) is 2. The minimum Gasteiger partial charge on any atom is -0.508 e. The van der Waals surface area contributed by atoms with Crippen LogP contribution in [0.4, 0.5) is 17.1 Å². The van der Waals surface area contributed by atoms with E-state index in [1.54, 1.807) is 12.1 Å². The van der Waals surface area contributed by atoms with Crippen molar-refractivity contribution < 1.29 is 5.11 Å². The summed E-state index contributed by atoms with van der Waals surface area (Å²) in [5, 5.41) is 9.46. The lowest BCUT2D eigenvalue weighted by Crippen LogP contribution is -2.10. The van der Waals surface area contributed by atoms with Crippen LogP contribution in [0.5, 0.6) is 5.75 Å². The van der Waals surface area contributed by atoms with Crippen LogP contribution in [0.2, 0.25) is 0 Å². The standard InChI is InChI=1S/C29H29NO/c1-3-23-5-4-6-28(21-23)30(26-15-7-22(2)8-16-26)27-17-11-24(12-18-27)9-10-25-13-19-29(31)20-14-25/h4-8,11-21,31H,3,9-10H2,1-2H3. The third kappa shape index (κ3) is 5.16. The van der Waals surface area contributed by atoms with E-state index in [9.17, 15) is 5.11 Å². The van der Waals surface area contributed by atoms with Crippen molar-refractivity contribution in [3.63, 3.8) is 0 Å². The summed E-state index contributed by atoms with van der Waals surface area (Å²) in [6.07, 6.45) is 2.95. The van der Waals surface area contributed by atoms with Gasteiger partial charge in [-0.3, -0.25) is 0 Å². The van der Waals surface area contributed by atoms with Gasteiger partial charge in [-0.15, -0.1) is 0 Å². The monoisotopic (exact) mass is 407 g/mol. The quantitative estimate of drug-likeness (QED) is 0.342. The number of rotatable bonds is 7. The highest BCUT2D eigenvalue weighted by Gasteiger charge is 2.12. The molecular weight excluding hydrogens is 378 g/mol. The number of phenols is 1. The van der Waals surface area contributed by atoms with Crippen LogP contribution in [-0.2, 0) is 19.3 Å². The van der Waals surface area contributed by atoms with Gasteiger partial charge in [0.25, 0.3) is 0 Å². The Morgan fingerprint density at radius 2 is 1.16 bits per heavy atom. The number of phenolic OH excluding ortho intramolecular Hbond substituents is 1. The number of hydrogen-bond donors (Lipinski definition) is 1. The molecule has 2 nitrogen and oxygen atoms in total. The van der Waals surface area contributed by atoms with E-state index in [-0.39, 0.29) is 0 Å². The van der Waals surface area contributed by atoms with Crippen molar-refractivity contribution in [2.75, 3.05) is 4.90 Å². The summed E-state index contributed by atoms with van der Waals surface area (Å²) < 4.78 is 0. The molecule has 0 heterocycles. The van der Waals surface area contributed by atoms with Crippen LogP contribution in [0, 0.1) is 6.92 Å². The van der Waals surface area contributed by atoms with Gasteiger partial charge in [-0.1, -0.05) is 61.0 Å². The molecule has 0 atom stereocenters. The minimum absolute atomic E-state index is 0.316. The lowest BCUT2D eigenvalue weighted by Gasteiger charge is -2.26. The maximum atomic E-state index is 9.46. The van der Waals surface area contributed by atoms with Crippen LogP contribution >= 0.6 is 0 Å². The second-order valence-corrected chi connectivity index (χ2v) is 8.03. The molecule has 0 amide bonds.